The van der Waals surface area contributed by atoms with Gasteiger partial charge in [-0.2, -0.15) is 0 Å². The molecule has 1 unspecified atom stereocenters. The summed E-state index contributed by atoms with van der Waals surface area (Å²) in [6, 6.07) is 2.79. The third-order valence-electron chi connectivity index (χ3n) is 3.53. The fraction of sp³-hybridized carbons (Fsp3) is 0.538. The highest BCUT2D eigenvalue weighted by Gasteiger charge is 2.30. The van der Waals surface area contributed by atoms with Gasteiger partial charge in [-0.1, -0.05) is 0 Å². The van der Waals surface area contributed by atoms with Crippen molar-refractivity contribution in [2.24, 2.45) is 5.92 Å². The zero-order valence-electron chi connectivity index (χ0n) is 12.1. The predicted octanol–water partition coefficient (Wildman–Crippen LogP) is 0.266. The second-order valence-electron chi connectivity index (χ2n) is 5.25. The van der Waals surface area contributed by atoms with E-state index in [1.807, 2.05) is 0 Å². The molecule has 0 aromatic carbocycles. The number of carboxylic acids is 1. The van der Waals surface area contributed by atoms with E-state index in [1.54, 1.807) is 0 Å². The van der Waals surface area contributed by atoms with Gasteiger partial charge in [0.15, 0.2) is 0 Å². The monoisotopic (exact) mass is 330 g/mol. The van der Waals surface area contributed by atoms with E-state index >= 15 is 0 Å². The Balaban J connectivity index is 1.90. The van der Waals surface area contributed by atoms with E-state index in [-0.39, 0.29) is 24.8 Å². The van der Waals surface area contributed by atoms with Gasteiger partial charge in [-0.15, -0.1) is 0 Å². The summed E-state index contributed by atoms with van der Waals surface area (Å²) in [5.74, 6) is -1.70. The number of hydrogen-bond acceptors (Lipinski definition) is 5. The van der Waals surface area contributed by atoms with Gasteiger partial charge in [0.2, 0.25) is 21.7 Å². The summed E-state index contributed by atoms with van der Waals surface area (Å²) in [4.78, 5) is 22.8. The van der Waals surface area contributed by atoms with Crippen LogP contribution in [-0.2, 0) is 21.4 Å². The van der Waals surface area contributed by atoms with Crippen molar-refractivity contribution in [3.8, 4) is 0 Å². The highest BCUT2D eigenvalue weighted by Crippen LogP contribution is 2.19. The van der Waals surface area contributed by atoms with Crippen molar-refractivity contribution in [3.63, 3.8) is 0 Å². The average Bonchev–Trinajstić information content (AvgIpc) is 2.93. The van der Waals surface area contributed by atoms with Gasteiger partial charge in [0.05, 0.1) is 18.7 Å². The second-order valence-corrected chi connectivity index (χ2v) is 7.23. The quantitative estimate of drug-likeness (QED) is 0.800. The highest BCUT2D eigenvalue weighted by molar-refractivity contribution is 7.88. The predicted molar refractivity (Wildman–Crippen MR) is 76.7 cm³/mol. The maximum Gasteiger partial charge on any atom is 0.371 e. The highest BCUT2D eigenvalue weighted by atomic mass is 32.2. The normalized spacial score (nSPS) is 19.8. The number of carboxylic acid groups (broad SMARTS) is 1. The van der Waals surface area contributed by atoms with Crippen LogP contribution >= 0.6 is 0 Å². The third-order valence-corrected chi connectivity index (χ3v) is 4.80. The number of nitrogens with one attached hydrogen (secondary N) is 1. The number of amides is 1. The molecule has 0 aliphatic carbocycles. The Morgan fingerprint density at radius 1 is 1.45 bits per heavy atom. The van der Waals surface area contributed by atoms with Crippen molar-refractivity contribution in [1.29, 1.82) is 0 Å². The van der Waals surface area contributed by atoms with E-state index in [0.717, 1.165) is 6.26 Å². The van der Waals surface area contributed by atoms with Crippen LogP contribution in [-0.4, -0.2) is 49.1 Å². The zero-order chi connectivity index (χ0) is 16.3. The van der Waals surface area contributed by atoms with Crippen molar-refractivity contribution in [2.75, 3.05) is 19.3 Å². The van der Waals surface area contributed by atoms with E-state index in [2.05, 4.69) is 5.32 Å². The summed E-state index contributed by atoms with van der Waals surface area (Å²) in [5.41, 5.74) is 0. The first kappa shape index (κ1) is 16.5. The lowest BCUT2D eigenvalue weighted by molar-refractivity contribution is -0.126. The Bertz CT molecular complexity index is 666. The minimum absolute atomic E-state index is 0.0709. The molecule has 9 heteroatoms. The smallest absolute Gasteiger partial charge is 0.371 e. The first-order valence-corrected chi connectivity index (χ1v) is 8.67. The lowest BCUT2D eigenvalue weighted by Crippen LogP contribution is -2.44. The Hall–Kier alpha value is -1.87. The van der Waals surface area contributed by atoms with Crippen LogP contribution in [0.5, 0.6) is 0 Å². The standard InChI is InChI=1S/C13H18N2O6S/c1-22(19,20)15-6-2-3-9(8-15)12(16)14-7-10-4-5-11(21-10)13(17)18/h4-5,9H,2-3,6-8H2,1H3,(H,14,16)(H,17,18). The molecule has 0 spiro atoms. The van der Waals surface area contributed by atoms with Crippen molar-refractivity contribution in [3.05, 3.63) is 23.7 Å². The largest absolute Gasteiger partial charge is 0.475 e. The van der Waals surface area contributed by atoms with Crippen LogP contribution in [0.4, 0.5) is 0 Å². The van der Waals surface area contributed by atoms with Crippen LogP contribution < -0.4 is 5.32 Å². The van der Waals surface area contributed by atoms with Gasteiger partial charge in [-0.05, 0) is 25.0 Å². The molecule has 0 bridgehead atoms. The molecule has 1 aromatic rings. The zero-order valence-corrected chi connectivity index (χ0v) is 12.9. The topological polar surface area (TPSA) is 117 Å². The van der Waals surface area contributed by atoms with Gasteiger partial charge in [0.25, 0.3) is 0 Å². The molecule has 1 aliphatic rings. The molecule has 1 aromatic heterocycles. The third kappa shape index (κ3) is 4.08. The van der Waals surface area contributed by atoms with E-state index < -0.39 is 21.9 Å². The maximum absolute atomic E-state index is 12.1. The van der Waals surface area contributed by atoms with Crippen molar-refractivity contribution < 1.29 is 27.5 Å². The van der Waals surface area contributed by atoms with Gasteiger partial charge in [-0.3, -0.25) is 4.79 Å². The molecule has 122 valence electrons. The summed E-state index contributed by atoms with van der Waals surface area (Å²) >= 11 is 0. The minimum atomic E-state index is -3.30. The average molecular weight is 330 g/mol. The number of hydrogen-bond donors (Lipinski definition) is 2. The van der Waals surface area contributed by atoms with Gasteiger partial charge in [0.1, 0.15) is 5.76 Å². The molecule has 0 saturated carbocycles. The molecule has 8 nitrogen and oxygen atoms in total. The van der Waals surface area contributed by atoms with Gasteiger partial charge < -0.3 is 14.8 Å². The van der Waals surface area contributed by atoms with Crippen molar-refractivity contribution >= 4 is 21.9 Å². The van der Waals surface area contributed by atoms with Gasteiger partial charge >= 0.3 is 5.97 Å². The summed E-state index contributed by atoms with van der Waals surface area (Å²) in [5, 5.41) is 11.4. The molecule has 22 heavy (non-hydrogen) atoms. The Kier molecular flexibility index (Phi) is 4.87. The van der Waals surface area contributed by atoms with Gasteiger partial charge in [-0.25, -0.2) is 17.5 Å². The molecule has 1 atom stereocenters. The summed E-state index contributed by atoms with van der Waals surface area (Å²) in [7, 11) is -3.30. The van der Waals surface area contributed by atoms with Crippen molar-refractivity contribution in [1.82, 2.24) is 9.62 Å². The van der Waals surface area contributed by atoms with Crippen LogP contribution in [0.15, 0.2) is 16.5 Å². The molecule has 1 aliphatic heterocycles. The number of piperidine rings is 1. The Morgan fingerprint density at radius 2 is 2.18 bits per heavy atom. The van der Waals surface area contributed by atoms with Crippen molar-refractivity contribution in [2.45, 2.75) is 19.4 Å². The number of aromatic carboxylic acids is 1. The number of furan rings is 1. The van der Waals surface area contributed by atoms with E-state index in [9.17, 15) is 18.0 Å². The second kappa shape index (κ2) is 6.49. The lowest BCUT2D eigenvalue weighted by atomic mass is 9.99. The summed E-state index contributed by atoms with van der Waals surface area (Å²) < 4.78 is 29.4. The molecule has 2 rings (SSSR count). The maximum atomic E-state index is 12.1. The van der Waals surface area contributed by atoms with E-state index in [4.69, 9.17) is 9.52 Å². The molecule has 2 N–H and O–H groups in total. The summed E-state index contributed by atoms with van der Waals surface area (Å²) in [6.45, 7) is 0.674. The number of carbonyl (C=O) groups is 2. The Labute approximate surface area is 128 Å². The lowest BCUT2D eigenvalue weighted by Gasteiger charge is -2.30. The van der Waals surface area contributed by atoms with E-state index in [0.29, 0.717) is 25.1 Å². The molecular weight excluding hydrogens is 312 g/mol. The molecule has 2 heterocycles. The van der Waals surface area contributed by atoms with E-state index in [1.165, 1.54) is 16.4 Å². The SMILES string of the molecule is CS(=O)(=O)N1CCCC(C(=O)NCc2ccc(C(=O)O)o2)C1. The van der Waals surface area contributed by atoms with Crippen LogP contribution in [0.1, 0.15) is 29.2 Å². The molecule has 1 amide bonds. The Morgan fingerprint density at radius 3 is 2.77 bits per heavy atom. The summed E-state index contributed by atoms with van der Waals surface area (Å²) in [6.07, 6.45) is 2.38. The first-order valence-electron chi connectivity index (χ1n) is 6.82. The first-order chi connectivity index (χ1) is 10.3. The molecule has 1 saturated heterocycles. The fourth-order valence-corrected chi connectivity index (χ4v) is 3.28. The number of nitrogens with zero attached hydrogens (tertiary/aromatic N) is 1. The van der Waals surface area contributed by atoms with Crippen LogP contribution in [0, 0.1) is 5.92 Å². The number of carbonyl (C=O) groups excluding carboxylic acids is 1. The van der Waals surface area contributed by atoms with Crippen LogP contribution in [0.2, 0.25) is 0 Å². The molecule has 1 fully saturated rings. The fourth-order valence-electron chi connectivity index (χ4n) is 2.36. The number of rotatable bonds is 5. The molecular formula is C13H18N2O6S. The number of sulfonamides is 1. The van der Waals surface area contributed by atoms with Crippen LogP contribution in [0.3, 0.4) is 0 Å². The molecule has 0 radical (unpaired) electrons. The minimum Gasteiger partial charge on any atom is -0.475 e. The van der Waals surface area contributed by atoms with Crippen LogP contribution in [0.25, 0.3) is 0 Å². The van der Waals surface area contributed by atoms with Gasteiger partial charge in [0, 0.05) is 13.1 Å².